The van der Waals surface area contributed by atoms with E-state index in [1.165, 1.54) is 6.92 Å². The second-order valence-electron chi connectivity index (χ2n) is 2.90. The molecule has 0 fully saturated rings. The molecule has 1 unspecified atom stereocenters. The highest BCUT2D eigenvalue weighted by atomic mass is 79.9. The Morgan fingerprint density at radius 2 is 2.07 bits per heavy atom. The van der Waals surface area contributed by atoms with Crippen molar-refractivity contribution in [1.29, 1.82) is 0 Å². The lowest BCUT2D eigenvalue weighted by molar-refractivity contribution is -0.141. The van der Waals surface area contributed by atoms with Crippen LogP contribution in [0.5, 0.6) is 0 Å². The number of carbonyl (C=O) groups excluding carboxylic acids is 1. The lowest BCUT2D eigenvalue weighted by Crippen LogP contribution is -2.12. The zero-order valence-corrected chi connectivity index (χ0v) is 11.6. The Kier molecular flexibility index (Phi) is 7.57. The molecule has 0 heterocycles. The Morgan fingerprint density at radius 1 is 1.50 bits per heavy atom. The Balaban J connectivity index is 3.45. The first-order valence-corrected chi connectivity index (χ1v) is 6.20. The summed E-state index contributed by atoms with van der Waals surface area (Å²) in [4.78, 5) is 10.6. The fourth-order valence-corrected chi connectivity index (χ4v) is 2.80. The van der Waals surface area contributed by atoms with Crippen LogP contribution in [0.15, 0.2) is 0 Å². The molecular formula is C8H12BrCl3O2. The molecule has 1 atom stereocenters. The molecule has 0 amide bonds. The van der Waals surface area contributed by atoms with Gasteiger partial charge in [0.15, 0.2) is 3.79 Å². The van der Waals surface area contributed by atoms with Gasteiger partial charge in [0.05, 0.1) is 6.61 Å². The third-order valence-electron chi connectivity index (χ3n) is 1.42. The van der Waals surface area contributed by atoms with Crippen LogP contribution in [-0.4, -0.2) is 21.2 Å². The minimum Gasteiger partial charge on any atom is -0.466 e. The molecule has 0 saturated heterocycles. The molecule has 84 valence electrons. The summed E-state index contributed by atoms with van der Waals surface area (Å²) in [6.07, 6.45) is 2.01. The van der Waals surface area contributed by atoms with E-state index in [1.54, 1.807) is 0 Å². The first-order chi connectivity index (χ1) is 6.31. The molecule has 0 saturated carbocycles. The van der Waals surface area contributed by atoms with Crippen molar-refractivity contribution in [2.45, 2.75) is 34.8 Å². The maximum Gasteiger partial charge on any atom is 0.302 e. The summed E-state index contributed by atoms with van der Waals surface area (Å²) in [6.45, 7) is 1.80. The average Bonchev–Trinajstić information content (AvgIpc) is 1.94. The van der Waals surface area contributed by atoms with Crippen molar-refractivity contribution in [1.82, 2.24) is 0 Å². The van der Waals surface area contributed by atoms with E-state index >= 15 is 0 Å². The van der Waals surface area contributed by atoms with Gasteiger partial charge in [0.25, 0.3) is 0 Å². The summed E-state index contributed by atoms with van der Waals surface area (Å²) in [5.41, 5.74) is 0. The zero-order valence-electron chi connectivity index (χ0n) is 7.73. The molecule has 0 aliphatic carbocycles. The number of hydrogen-bond acceptors (Lipinski definition) is 2. The van der Waals surface area contributed by atoms with Gasteiger partial charge >= 0.3 is 5.97 Å². The van der Waals surface area contributed by atoms with E-state index in [1.807, 2.05) is 0 Å². The van der Waals surface area contributed by atoms with Crippen LogP contribution in [0.1, 0.15) is 26.2 Å². The third kappa shape index (κ3) is 10.9. The number of rotatable bonds is 5. The molecule has 0 aromatic heterocycles. The summed E-state index contributed by atoms with van der Waals surface area (Å²) in [5.74, 6) is -0.266. The van der Waals surface area contributed by atoms with Crippen LogP contribution in [-0.2, 0) is 9.53 Å². The first kappa shape index (κ1) is 14.8. The minimum atomic E-state index is -1.23. The molecule has 0 aromatic rings. The third-order valence-corrected chi connectivity index (χ3v) is 2.66. The maximum atomic E-state index is 10.4. The molecule has 0 aromatic carbocycles. The molecule has 0 radical (unpaired) electrons. The van der Waals surface area contributed by atoms with E-state index in [2.05, 4.69) is 15.9 Å². The fourth-order valence-electron chi connectivity index (χ4n) is 0.874. The summed E-state index contributed by atoms with van der Waals surface area (Å²) >= 11 is 20.2. The molecule has 0 rings (SSSR count). The van der Waals surface area contributed by atoms with E-state index < -0.39 is 3.79 Å². The smallest absolute Gasteiger partial charge is 0.302 e. The van der Waals surface area contributed by atoms with Gasteiger partial charge in [-0.25, -0.2) is 0 Å². The Hall–Kier alpha value is 0.820. The second-order valence-corrected chi connectivity index (χ2v) is 6.71. The van der Waals surface area contributed by atoms with Gasteiger partial charge in [-0.15, -0.1) is 0 Å². The van der Waals surface area contributed by atoms with E-state index in [0.29, 0.717) is 13.0 Å². The Bertz CT molecular complexity index is 182. The van der Waals surface area contributed by atoms with Crippen molar-refractivity contribution in [3.05, 3.63) is 0 Å². The fraction of sp³-hybridized carbons (Fsp3) is 0.875. The molecule has 2 nitrogen and oxygen atoms in total. The lowest BCUT2D eigenvalue weighted by Gasteiger charge is -2.15. The summed E-state index contributed by atoms with van der Waals surface area (Å²) in [6, 6.07) is 0. The Morgan fingerprint density at radius 3 is 2.50 bits per heavy atom. The summed E-state index contributed by atoms with van der Waals surface area (Å²) in [7, 11) is 0. The topological polar surface area (TPSA) is 26.3 Å². The van der Waals surface area contributed by atoms with E-state index in [0.717, 1.165) is 12.8 Å². The van der Waals surface area contributed by atoms with Crippen molar-refractivity contribution in [2.24, 2.45) is 0 Å². The number of hydrogen-bond donors (Lipinski definition) is 0. The van der Waals surface area contributed by atoms with Crippen molar-refractivity contribution in [2.75, 3.05) is 6.61 Å². The van der Waals surface area contributed by atoms with E-state index in [9.17, 15) is 4.79 Å². The summed E-state index contributed by atoms with van der Waals surface area (Å²) < 4.78 is 3.54. The van der Waals surface area contributed by atoms with Gasteiger partial charge in [0.2, 0.25) is 0 Å². The molecule has 0 aliphatic rings. The standard InChI is InChI=1S/C8H12BrCl3O2/c1-6(13)14-4-2-3-7(9)5-8(10,11)12/h7H,2-5H2,1H3. The van der Waals surface area contributed by atoms with Crippen LogP contribution in [0.25, 0.3) is 0 Å². The molecule has 0 N–H and O–H groups in total. The highest BCUT2D eigenvalue weighted by Gasteiger charge is 2.23. The largest absolute Gasteiger partial charge is 0.466 e. The van der Waals surface area contributed by atoms with E-state index in [4.69, 9.17) is 39.5 Å². The molecular weight excluding hydrogens is 314 g/mol. The van der Waals surface area contributed by atoms with Crippen LogP contribution in [0, 0.1) is 0 Å². The molecule has 0 spiro atoms. The first-order valence-electron chi connectivity index (χ1n) is 4.15. The molecule has 0 aliphatic heterocycles. The van der Waals surface area contributed by atoms with Gasteiger partial charge < -0.3 is 4.74 Å². The highest BCUT2D eigenvalue weighted by Crippen LogP contribution is 2.34. The van der Waals surface area contributed by atoms with Crippen molar-refractivity contribution >= 4 is 56.7 Å². The van der Waals surface area contributed by atoms with Gasteiger partial charge in [-0.3, -0.25) is 4.79 Å². The number of ether oxygens (including phenoxy) is 1. The lowest BCUT2D eigenvalue weighted by atomic mass is 10.2. The quantitative estimate of drug-likeness (QED) is 0.436. The van der Waals surface area contributed by atoms with Gasteiger partial charge in [0.1, 0.15) is 0 Å². The molecule has 0 bridgehead atoms. The van der Waals surface area contributed by atoms with Crippen LogP contribution < -0.4 is 0 Å². The Labute approximate surface area is 107 Å². The van der Waals surface area contributed by atoms with Gasteiger partial charge in [0, 0.05) is 18.2 Å². The van der Waals surface area contributed by atoms with Gasteiger partial charge in [-0.1, -0.05) is 50.7 Å². The number of esters is 1. The summed E-state index contributed by atoms with van der Waals surface area (Å²) in [5, 5.41) is 0. The van der Waals surface area contributed by atoms with Crippen LogP contribution in [0.4, 0.5) is 0 Å². The highest BCUT2D eigenvalue weighted by molar-refractivity contribution is 9.09. The van der Waals surface area contributed by atoms with E-state index in [-0.39, 0.29) is 10.8 Å². The van der Waals surface area contributed by atoms with Crippen molar-refractivity contribution in [3.8, 4) is 0 Å². The second kappa shape index (κ2) is 7.15. The zero-order chi connectivity index (χ0) is 11.2. The van der Waals surface area contributed by atoms with Crippen LogP contribution in [0.2, 0.25) is 0 Å². The minimum absolute atomic E-state index is 0.130. The SMILES string of the molecule is CC(=O)OCCCC(Br)CC(Cl)(Cl)Cl. The number of halogens is 4. The number of alkyl halides is 4. The average molecular weight is 326 g/mol. The maximum absolute atomic E-state index is 10.4. The van der Waals surface area contributed by atoms with Gasteiger partial charge in [-0.2, -0.15) is 0 Å². The van der Waals surface area contributed by atoms with Crippen molar-refractivity contribution < 1.29 is 9.53 Å². The van der Waals surface area contributed by atoms with Crippen molar-refractivity contribution in [3.63, 3.8) is 0 Å². The van der Waals surface area contributed by atoms with Crippen LogP contribution in [0.3, 0.4) is 0 Å². The number of carbonyl (C=O) groups is 1. The normalized spacial score (nSPS) is 13.8. The molecule has 6 heteroatoms. The predicted molar refractivity (Wildman–Crippen MR) is 63.5 cm³/mol. The van der Waals surface area contributed by atoms with Gasteiger partial charge in [-0.05, 0) is 12.8 Å². The molecule has 14 heavy (non-hydrogen) atoms. The predicted octanol–water partition coefficient (Wildman–Crippen LogP) is 3.85. The van der Waals surface area contributed by atoms with Crippen LogP contribution >= 0.6 is 50.7 Å². The monoisotopic (exact) mass is 324 g/mol.